The molecule has 0 aliphatic rings. The SMILES string of the molecule is CC(=O)CCC/C=C/C(C)(C)C. The molecule has 0 saturated carbocycles. The van der Waals surface area contributed by atoms with Gasteiger partial charge in [0.2, 0.25) is 0 Å². The summed E-state index contributed by atoms with van der Waals surface area (Å²) >= 11 is 0. The fourth-order valence-corrected chi connectivity index (χ4v) is 0.906. The van der Waals surface area contributed by atoms with Gasteiger partial charge in [0.25, 0.3) is 0 Å². The molecule has 12 heavy (non-hydrogen) atoms. The molecule has 0 aromatic carbocycles. The number of ketones is 1. The molecule has 1 heteroatoms. The number of hydrogen-bond acceptors (Lipinski definition) is 1. The third-order valence-electron chi connectivity index (χ3n) is 1.52. The Bertz CT molecular complexity index is 160. The van der Waals surface area contributed by atoms with Gasteiger partial charge in [-0.15, -0.1) is 0 Å². The predicted octanol–water partition coefficient (Wildman–Crippen LogP) is 3.35. The maximum absolute atomic E-state index is 10.6. The van der Waals surface area contributed by atoms with Crippen LogP contribution in [-0.2, 0) is 4.79 Å². The monoisotopic (exact) mass is 168 g/mol. The highest BCUT2D eigenvalue weighted by Gasteiger charge is 2.02. The zero-order valence-corrected chi connectivity index (χ0v) is 8.68. The van der Waals surface area contributed by atoms with Crippen LogP contribution >= 0.6 is 0 Å². The van der Waals surface area contributed by atoms with Crippen LogP contribution in [-0.4, -0.2) is 5.78 Å². The summed E-state index contributed by atoms with van der Waals surface area (Å²) in [5.41, 5.74) is 0.274. The van der Waals surface area contributed by atoms with Gasteiger partial charge in [-0.2, -0.15) is 0 Å². The molecule has 0 N–H and O–H groups in total. The second kappa shape index (κ2) is 5.13. The highest BCUT2D eigenvalue weighted by atomic mass is 16.1. The lowest BCUT2D eigenvalue weighted by molar-refractivity contribution is -0.117. The molecule has 0 spiro atoms. The van der Waals surface area contributed by atoms with E-state index >= 15 is 0 Å². The van der Waals surface area contributed by atoms with Crippen LogP contribution in [0, 0.1) is 5.41 Å². The quantitative estimate of drug-likeness (QED) is 0.464. The molecule has 0 atom stereocenters. The highest BCUT2D eigenvalue weighted by molar-refractivity contribution is 5.75. The Morgan fingerprint density at radius 2 is 1.92 bits per heavy atom. The van der Waals surface area contributed by atoms with Crippen LogP contribution in [0.5, 0.6) is 0 Å². The van der Waals surface area contributed by atoms with E-state index in [2.05, 4.69) is 32.9 Å². The van der Waals surface area contributed by atoms with E-state index in [1.807, 2.05) is 0 Å². The third kappa shape index (κ3) is 9.41. The first-order valence-corrected chi connectivity index (χ1v) is 4.59. The minimum atomic E-state index is 0.274. The number of allylic oxidation sites excluding steroid dienone is 2. The van der Waals surface area contributed by atoms with E-state index in [-0.39, 0.29) is 5.41 Å². The number of carbonyl (C=O) groups excluding carboxylic acids is 1. The van der Waals surface area contributed by atoms with Gasteiger partial charge in [-0.1, -0.05) is 32.9 Å². The number of carbonyl (C=O) groups is 1. The van der Waals surface area contributed by atoms with Gasteiger partial charge < -0.3 is 4.79 Å². The lowest BCUT2D eigenvalue weighted by atomic mass is 9.96. The molecule has 1 nitrogen and oxygen atoms in total. The van der Waals surface area contributed by atoms with E-state index in [0.717, 1.165) is 12.8 Å². The maximum atomic E-state index is 10.6. The molecule has 0 unspecified atom stereocenters. The summed E-state index contributed by atoms with van der Waals surface area (Å²) in [6.45, 7) is 8.17. The Hall–Kier alpha value is -0.590. The maximum Gasteiger partial charge on any atom is 0.129 e. The molecule has 0 bridgehead atoms. The second-order valence-electron chi connectivity index (χ2n) is 4.36. The van der Waals surface area contributed by atoms with E-state index in [9.17, 15) is 4.79 Å². The van der Waals surface area contributed by atoms with Crippen molar-refractivity contribution in [3.8, 4) is 0 Å². The Morgan fingerprint density at radius 1 is 1.33 bits per heavy atom. The average Bonchev–Trinajstić information content (AvgIpc) is 1.83. The standard InChI is InChI=1S/C11H20O/c1-10(12)8-6-5-7-9-11(2,3)4/h7,9H,5-6,8H2,1-4H3/b9-7+. The van der Waals surface area contributed by atoms with Crippen molar-refractivity contribution < 1.29 is 4.79 Å². The summed E-state index contributed by atoms with van der Waals surface area (Å²) in [6.07, 6.45) is 7.10. The topological polar surface area (TPSA) is 17.1 Å². The van der Waals surface area contributed by atoms with Gasteiger partial charge in [0.15, 0.2) is 0 Å². The molecule has 0 fully saturated rings. The van der Waals surface area contributed by atoms with Crippen molar-refractivity contribution in [2.45, 2.75) is 47.0 Å². The molecule has 0 amide bonds. The smallest absolute Gasteiger partial charge is 0.129 e. The Labute approximate surface area is 75.9 Å². The van der Waals surface area contributed by atoms with Gasteiger partial charge in [-0.3, -0.25) is 0 Å². The molecule has 0 rings (SSSR count). The molecule has 0 aliphatic carbocycles. The molecule has 0 saturated heterocycles. The summed E-state index contributed by atoms with van der Waals surface area (Å²) in [6, 6.07) is 0. The van der Waals surface area contributed by atoms with Crippen molar-refractivity contribution in [2.75, 3.05) is 0 Å². The third-order valence-corrected chi connectivity index (χ3v) is 1.52. The summed E-state index contributed by atoms with van der Waals surface area (Å²) in [5, 5.41) is 0. The van der Waals surface area contributed by atoms with Gasteiger partial charge in [0, 0.05) is 6.42 Å². The minimum absolute atomic E-state index is 0.274. The molecular weight excluding hydrogens is 148 g/mol. The summed E-state index contributed by atoms with van der Waals surface area (Å²) in [4.78, 5) is 10.6. The molecule has 70 valence electrons. The van der Waals surface area contributed by atoms with Crippen molar-refractivity contribution in [3.05, 3.63) is 12.2 Å². The van der Waals surface area contributed by atoms with Crippen molar-refractivity contribution in [1.29, 1.82) is 0 Å². The van der Waals surface area contributed by atoms with Gasteiger partial charge >= 0.3 is 0 Å². The number of Topliss-reactive ketones (excluding diaryl/α,β-unsaturated/α-hetero) is 1. The van der Waals surface area contributed by atoms with Crippen LogP contribution in [0.2, 0.25) is 0 Å². The minimum Gasteiger partial charge on any atom is -0.300 e. The van der Waals surface area contributed by atoms with E-state index < -0.39 is 0 Å². The number of unbranched alkanes of at least 4 members (excludes halogenated alkanes) is 1. The second-order valence-corrected chi connectivity index (χ2v) is 4.36. The molecule has 0 radical (unpaired) electrons. The molecule has 0 aromatic heterocycles. The van der Waals surface area contributed by atoms with Gasteiger partial charge in [0.1, 0.15) is 5.78 Å². The number of hydrogen-bond donors (Lipinski definition) is 0. The fourth-order valence-electron chi connectivity index (χ4n) is 0.906. The zero-order chi connectivity index (χ0) is 9.61. The van der Waals surface area contributed by atoms with Crippen LogP contribution in [0.4, 0.5) is 0 Å². The van der Waals surface area contributed by atoms with E-state index in [1.165, 1.54) is 0 Å². The Morgan fingerprint density at radius 3 is 2.33 bits per heavy atom. The predicted molar refractivity (Wildman–Crippen MR) is 53.1 cm³/mol. The van der Waals surface area contributed by atoms with Crippen molar-refractivity contribution in [3.63, 3.8) is 0 Å². The van der Waals surface area contributed by atoms with E-state index in [4.69, 9.17) is 0 Å². The van der Waals surface area contributed by atoms with Crippen molar-refractivity contribution in [2.24, 2.45) is 5.41 Å². The first-order chi connectivity index (χ1) is 5.42. The van der Waals surface area contributed by atoms with Gasteiger partial charge in [-0.05, 0) is 25.2 Å². The first-order valence-electron chi connectivity index (χ1n) is 4.59. The van der Waals surface area contributed by atoms with Crippen LogP contribution in [0.3, 0.4) is 0 Å². The fraction of sp³-hybridized carbons (Fsp3) is 0.727. The van der Waals surface area contributed by atoms with E-state index in [1.54, 1.807) is 6.92 Å². The van der Waals surface area contributed by atoms with Crippen molar-refractivity contribution in [1.82, 2.24) is 0 Å². The largest absolute Gasteiger partial charge is 0.300 e. The van der Waals surface area contributed by atoms with Crippen LogP contribution in [0.25, 0.3) is 0 Å². The lowest BCUT2D eigenvalue weighted by Crippen LogP contribution is -1.98. The van der Waals surface area contributed by atoms with E-state index in [0.29, 0.717) is 12.2 Å². The molecule has 0 aromatic rings. The Kier molecular flexibility index (Phi) is 4.87. The normalized spacial score (nSPS) is 12.3. The molecular formula is C11H20O. The van der Waals surface area contributed by atoms with Gasteiger partial charge in [-0.25, -0.2) is 0 Å². The number of rotatable bonds is 4. The average molecular weight is 168 g/mol. The first kappa shape index (κ1) is 11.4. The Balaban J connectivity index is 3.43. The van der Waals surface area contributed by atoms with Gasteiger partial charge in [0.05, 0.1) is 0 Å². The summed E-state index contributed by atoms with van der Waals surface area (Å²) in [7, 11) is 0. The molecule has 0 heterocycles. The van der Waals surface area contributed by atoms with Crippen LogP contribution < -0.4 is 0 Å². The zero-order valence-electron chi connectivity index (χ0n) is 8.68. The highest BCUT2D eigenvalue weighted by Crippen LogP contribution is 2.15. The summed E-state index contributed by atoms with van der Waals surface area (Å²) in [5.74, 6) is 0.291. The van der Waals surface area contributed by atoms with Crippen LogP contribution in [0.15, 0.2) is 12.2 Å². The lowest BCUT2D eigenvalue weighted by Gasteiger charge is -2.10. The van der Waals surface area contributed by atoms with Crippen LogP contribution in [0.1, 0.15) is 47.0 Å². The van der Waals surface area contributed by atoms with Crippen molar-refractivity contribution >= 4 is 5.78 Å². The summed E-state index contributed by atoms with van der Waals surface area (Å²) < 4.78 is 0. The molecule has 0 aliphatic heterocycles.